The van der Waals surface area contributed by atoms with Crippen molar-refractivity contribution in [3.63, 3.8) is 0 Å². The van der Waals surface area contributed by atoms with Gasteiger partial charge >= 0.3 is 0 Å². The minimum atomic E-state index is 0.0105. The number of hydrogen-bond acceptors (Lipinski definition) is 6. The molecular formula is C17H22N6O. The van der Waals surface area contributed by atoms with Gasteiger partial charge in [0.05, 0.1) is 11.3 Å². The normalized spacial score (nSPS) is 17.6. The van der Waals surface area contributed by atoms with Crippen LogP contribution < -0.4 is 5.32 Å². The van der Waals surface area contributed by atoms with E-state index in [-0.39, 0.29) is 5.91 Å². The minimum absolute atomic E-state index is 0.0105. The number of anilines is 1. The van der Waals surface area contributed by atoms with Gasteiger partial charge in [-0.1, -0.05) is 0 Å². The Bertz CT molecular complexity index is 685. The van der Waals surface area contributed by atoms with E-state index in [4.69, 9.17) is 0 Å². The molecule has 0 aromatic carbocycles. The molecular weight excluding hydrogens is 304 g/mol. The zero-order valence-electron chi connectivity index (χ0n) is 14.1. The number of piperidine rings is 1. The van der Waals surface area contributed by atoms with E-state index in [1.807, 2.05) is 31.0 Å². The maximum Gasteiger partial charge on any atom is 0.256 e. The summed E-state index contributed by atoms with van der Waals surface area (Å²) in [4.78, 5) is 22.7. The zero-order valence-corrected chi connectivity index (χ0v) is 14.1. The third kappa shape index (κ3) is 3.84. The Morgan fingerprint density at radius 3 is 2.75 bits per heavy atom. The first kappa shape index (κ1) is 16.3. The summed E-state index contributed by atoms with van der Waals surface area (Å²) in [7, 11) is 1.82. The van der Waals surface area contributed by atoms with E-state index in [1.54, 1.807) is 12.4 Å². The Labute approximate surface area is 141 Å². The average molecular weight is 326 g/mol. The number of aryl methyl sites for hydroxylation is 1. The Balaban J connectivity index is 1.63. The molecule has 3 heterocycles. The van der Waals surface area contributed by atoms with Crippen molar-refractivity contribution < 1.29 is 4.79 Å². The van der Waals surface area contributed by atoms with E-state index in [9.17, 15) is 4.79 Å². The van der Waals surface area contributed by atoms with Crippen molar-refractivity contribution in [1.29, 1.82) is 0 Å². The molecule has 0 aliphatic carbocycles. The number of carbonyl (C=O) groups excluding carboxylic acids is 1. The highest BCUT2D eigenvalue weighted by molar-refractivity contribution is 5.93. The van der Waals surface area contributed by atoms with Crippen molar-refractivity contribution in [3.8, 4) is 0 Å². The molecule has 1 N–H and O–H groups in total. The summed E-state index contributed by atoms with van der Waals surface area (Å²) in [5.74, 6) is 1.85. The molecule has 0 radical (unpaired) electrons. The first-order valence-electron chi connectivity index (χ1n) is 8.24. The molecule has 1 amide bonds. The van der Waals surface area contributed by atoms with Crippen molar-refractivity contribution in [3.05, 3.63) is 41.6 Å². The molecule has 0 bridgehead atoms. The van der Waals surface area contributed by atoms with Gasteiger partial charge in [-0.15, -0.1) is 5.10 Å². The van der Waals surface area contributed by atoms with Crippen LogP contribution in [0.1, 0.15) is 34.7 Å². The van der Waals surface area contributed by atoms with Gasteiger partial charge in [0.2, 0.25) is 0 Å². The molecule has 0 unspecified atom stereocenters. The molecule has 1 aliphatic rings. The number of hydrogen-bond donors (Lipinski definition) is 1. The SMILES string of the molecule is CNc1ccc(C[C@H]2CCCN(C(=O)c3cnc(C)nc3)C2)nn1. The third-order valence-electron chi connectivity index (χ3n) is 4.31. The van der Waals surface area contributed by atoms with Gasteiger partial charge < -0.3 is 10.2 Å². The maximum atomic E-state index is 12.6. The number of rotatable bonds is 4. The van der Waals surface area contributed by atoms with Crippen molar-refractivity contribution in [2.75, 3.05) is 25.5 Å². The molecule has 1 fully saturated rings. The van der Waals surface area contributed by atoms with Crippen LogP contribution in [-0.2, 0) is 6.42 Å². The van der Waals surface area contributed by atoms with Gasteiger partial charge in [-0.05, 0) is 44.2 Å². The number of aromatic nitrogens is 4. The molecule has 1 saturated heterocycles. The van der Waals surface area contributed by atoms with Crippen molar-refractivity contribution in [2.45, 2.75) is 26.2 Å². The molecule has 1 atom stereocenters. The lowest BCUT2D eigenvalue weighted by molar-refractivity contribution is 0.0671. The zero-order chi connectivity index (χ0) is 16.9. The quantitative estimate of drug-likeness (QED) is 0.921. The Kier molecular flexibility index (Phi) is 4.98. The predicted molar refractivity (Wildman–Crippen MR) is 90.7 cm³/mol. The molecule has 2 aromatic rings. The summed E-state index contributed by atoms with van der Waals surface area (Å²) < 4.78 is 0. The van der Waals surface area contributed by atoms with Crippen LogP contribution in [0.15, 0.2) is 24.5 Å². The molecule has 0 saturated carbocycles. The standard InChI is InChI=1S/C17H22N6O/c1-12-19-9-14(10-20-12)17(24)23-7-3-4-13(11-23)8-15-5-6-16(18-2)22-21-15/h5-6,9-10,13H,3-4,7-8,11H2,1-2H3,(H,18,22)/t13-/m1/s1. The van der Waals surface area contributed by atoms with Crippen molar-refractivity contribution >= 4 is 11.7 Å². The van der Waals surface area contributed by atoms with Gasteiger partial charge in [0.1, 0.15) is 11.6 Å². The maximum absolute atomic E-state index is 12.6. The van der Waals surface area contributed by atoms with Crippen LogP contribution in [0.5, 0.6) is 0 Å². The largest absolute Gasteiger partial charge is 0.372 e. The number of carbonyl (C=O) groups is 1. The van der Waals surface area contributed by atoms with E-state index in [0.29, 0.717) is 17.3 Å². The second-order valence-corrected chi connectivity index (χ2v) is 6.14. The van der Waals surface area contributed by atoms with Gasteiger partial charge in [0.15, 0.2) is 0 Å². The van der Waals surface area contributed by atoms with Crippen LogP contribution >= 0.6 is 0 Å². The molecule has 2 aromatic heterocycles. The van der Waals surface area contributed by atoms with Crippen LogP contribution in [0.25, 0.3) is 0 Å². The lowest BCUT2D eigenvalue weighted by atomic mass is 9.93. The van der Waals surface area contributed by atoms with E-state index >= 15 is 0 Å². The van der Waals surface area contributed by atoms with E-state index in [1.165, 1.54) is 0 Å². The monoisotopic (exact) mass is 326 g/mol. The Morgan fingerprint density at radius 2 is 2.08 bits per heavy atom. The van der Waals surface area contributed by atoms with Gasteiger partial charge in [-0.25, -0.2) is 9.97 Å². The van der Waals surface area contributed by atoms with E-state index in [0.717, 1.165) is 43.9 Å². The van der Waals surface area contributed by atoms with Crippen molar-refractivity contribution in [1.82, 2.24) is 25.1 Å². The number of nitrogens with one attached hydrogen (secondary N) is 1. The summed E-state index contributed by atoms with van der Waals surface area (Å²) in [6.45, 7) is 3.33. The van der Waals surface area contributed by atoms with Gasteiger partial charge in [0, 0.05) is 32.5 Å². The fraction of sp³-hybridized carbons (Fsp3) is 0.471. The predicted octanol–water partition coefficient (Wildman–Crippen LogP) is 1.71. The molecule has 24 heavy (non-hydrogen) atoms. The first-order chi connectivity index (χ1) is 11.7. The molecule has 7 nitrogen and oxygen atoms in total. The summed E-state index contributed by atoms with van der Waals surface area (Å²) in [6.07, 6.45) is 6.16. The van der Waals surface area contributed by atoms with Crippen LogP contribution in [0, 0.1) is 12.8 Å². The average Bonchev–Trinajstić information content (AvgIpc) is 2.63. The fourth-order valence-corrected chi connectivity index (χ4v) is 3.00. The highest BCUT2D eigenvalue weighted by atomic mass is 16.2. The highest BCUT2D eigenvalue weighted by Gasteiger charge is 2.25. The molecule has 126 valence electrons. The minimum Gasteiger partial charge on any atom is -0.372 e. The number of nitrogens with zero attached hydrogens (tertiary/aromatic N) is 5. The second kappa shape index (κ2) is 7.33. The third-order valence-corrected chi connectivity index (χ3v) is 4.31. The topological polar surface area (TPSA) is 83.9 Å². The summed E-state index contributed by atoms with van der Waals surface area (Å²) in [5, 5.41) is 11.3. The summed E-state index contributed by atoms with van der Waals surface area (Å²) >= 11 is 0. The molecule has 1 aliphatic heterocycles. The molecule has 3 rings (SSSR count). The summed E-state index contributed by atoms with van der Waals surface area (Å²) in [5.41, 5.74) is 1.52. The molecule has 7 heteroatoms. The number of likely N-dealkylation sites (tertiary alicyclic amines) is 1. The van der Waals surface area contributed by atoms with Crippen LogP contribution in [0.2, 0.25) is 0 Å². The first-order valence-corrected chi connectivity index (χ1v) is 8.24. The smallest absolute Gasteiger partial charge is 0.256 e. The van der Waals surface area contributed by atoms with Gasteiger partial charge in [0.25, 0.3) is 5.91 Å². The Hall–Kier alpha value is -2.57. The Morgan fingerprint density at radius 1 is 1.29 bits per heavy atom. The highest BCUT2D eigenvalue weighted by Crippen LogP contribution is 2.21. The number of amides is 1. The fourth-order valence-electron chi connectivity index (χ4n) is 3.00. The van der Waals surface area contributed by atoms with Gasteiger partial charge in [-0.3, -0.25) is 4.79 Å². The lowest BCUT2D eigenvalue weighted by Crippen LogP contribution is -2.40. The van der Waals surface area contributed by atoms with E-state index < -0.39 is 0 Å². The van der Waals surface area contributed by atoms with Gasteiger partial charge in [-0.2, -0.15) is 5.10 Å². The molecule has 0 spiro atoms. The lowest BCUT2D eigenvalue weighted by Gasteiger charge is -2.32. The van der Waals surface area contributed by atoms with E-state index in [2.05, 4.69) is 25.5 Å². The van der Waals surface area contributed by atoms with Crippen LogP contribution in [0.3, 0.4) is 0 Å². The van der Waals surface area contributed by atoms with Crippen LogP contribution in [0.4, 0.5) is 5.82 Å². The second-order valence-electron chi connectivity index (χ2n) is 6.14. The van der Waals surface area contributed by atoms with Crippen LogP contribution in [-0.4, -0.2) is 51.1 Å². The van der Waals surface area contributed by atoms with Crippen molar-refractivity contribution in [2.24, 2.45) is 5.92 Å². The summed E-state index contributed by atoms with van der Waals surface area (Å²) in [6, 6.07) is 3.92.